The van der Waals surface area contributed by atoms with Gasteiger partial charge in [-0.2, -0.15) is 5.10 Å². The van der Waals surface area contributed by atoms with Crippen molar-refractivity contribution < 1.29 is 13.6 Å². The van der Waals surface area contributed by atoms with Gasteiger partial charge in [0.25, 0.3) is 0 Å². The van der Waals surface area contributed by atoms with Crippen molar-refractivity contribution in [3.8, 4) is 11.1 Å². The minimum Gasteiger partial charge on any atom is -0.396 e. The van der Waals surface area contributed by atoms with E-state index in [1.807, 2.05) is 31.4 Å². The molecule has 3 aromatic heterocycles. The van der Waals surface area contributed by atoms with Gasteiger partial charge in [0.2, 0.25) is 5.78 Å². The highest BCUT2D eigenvalue weighted by Crippen LogP contribution is 2.31. The summed E-state index contributed by atoms with van der Waals surface area (Å²) in [5, 5.41) is 5.79. The van der Waals surface area contributed by atoms with Crippen LogP contribution in [0.2, 0.25) is 0 Å². The number of rotatable bonds is 3. The molecule has 6 nitrogen and oxygen atoms in total. The molecule has 0 saturated carbocycles. The monoisotopic (exact) mass is 403 g/mol. The van der Waals surface area contributed by atoms with Crippen molar-refractivity contribution in [1.82, 2.24) is 19.7 Å². The number of H-pyrrole nitrogens is 1. The van der Waals surface area contributed by atoms with E-state index in [0.29, 0.717) is 11.0 Å². The van der Waals surface area contributed by atoms with Gasteiger partial charge in [-0.05, 0) is 29.8 Å². The fourth-order valence-electron chi connectivity index (χ4n) is 3.66. The van der Waals surface area contributed by atoms with Crippen molar-refractivity contribution in [2.75, 3.05) is 5.73 Å². The van der Waals surface area contributed by atoms with Crippen LogP contribution in [-0.4, -0.2) is 25.5 Å². The Morgan fingerprint density at radius 1 is 1.17 bits per heavy atom. The fraction of sp³-hybridized carbons (Fsp3) is 0.0455. The summed E-state index contributed by atoms with van der Waals surface area (Å²) < 4.78 is 30.4. The number of aromatic nitrogens is 4. The van der Waals surface area contributed by atoms with Gasteiger partial charge in [-0.25, -0.2) is 13.8 Å². The number of ketones is 1. The topological polar surface area (TPSA) is 89.6 Å². The van der Waals surface area contributed by atoms with Crippen LogP contribution in [-0.2, 0) is 7.05 Å². The lowest BCUT2D eigenvalue weighted by Crippen LogP contribution is -2.09. The van der Waals surface area contributed by atoms with Crippen molar-refractivity contribution >= 4 is 33.4 Å². The maximum atomic E-state index is 14.4. The summed E-state index contributed by atoms with van der Waals surface area (Å²) in [6.45, 7) is 0. The van der Waals surface area contributed by atoms with Crippen LogP contribution in [0.1, 0.15) is 15.9 Å². The zero-order chi connectivity index (χ0) is 21.0. The van der Waals surface area contributed by atoms with E-state index in [4.69, 9.17) is 5.73 Å². The van der Waals surface area contributed by atoms with Crippen LogP contribution in [0.25, 0.3) is 33.1 Å². The molecule has 8 heteroatoms. The summed E-state index contributed by atoms with van der Waals surface area (Å²) in [4.78, 5) is 20.3. The van der Waals surface area contributed by atoms with Gasteiger partial charge >= 0.3 is 0 Å². The van der Waals surface area contributed by atoms with Crippen molar-refractivity contribution in [3.05, 3.63) is 77.8 Å². The van der Waals surface area contributed by atoms with Crippen molar-refractivity contribution in [1.29, 1.82) is 0 Å². The molecular formula is C22H15F2N5O. The molecule has 0 aliphatic rings. The zero-order valence-corrected chi connectivity index (χ0v) is 15.8. The molecule has 30 heavy (non-hydrogen) atoms. The Hall–Kier alpha value is -4.07. The number of nitrogens with zero attached hydrogens (tertiary/aromatic N) is 3. The third kappa shape index (κ3) is 2.65. The Balaban J connectivity index is 1.69. The molecular weight excluding hydrogens is 388 g/mol. The third-order valence-electron chi connectivity index (χ3n) is 5.10. The van der Waals surface area contributed by atoms with E-state index in [9.17, 15) is 13.6 Å². The molecule has 2 aromatic carbocycles. The Morgan fingerprint density at radius 2 is 2.00 bits per heavy atom. The highest BCUT2D eigenvalue weighted by molar-refractivity contribution is 6.17. The highest BCUT2D eigenvalue weighted by Gasteiger charge is 2.24. The molecule has 148 valence electrons. The number of nitrogen functional groups attached to an aromatic ring is 1. The number of halogens is 2. The van der Waals surface area contributed by atoms with Gasteiger partial charge in [0.15, 0.2) is 5.82 Å². The van der Waals surface area contributed by atoms with Gasteiger partial charge in [0, 0.05) is 47.5 Å². The Morgan fingerprint density at radius 3 is 2.83 bits per heavy atom. The summed E-state index contributed by atoms with van der Waals surface area (Å²) in [6.07, 6.45) is 4.97. The molecule has 0 bridgehead atoms. The summed E-state index contributed by atoms with van der Waals surface area (Å²) in [6, 6.07) is 9.56. The van der Waals surface area contributed by atoms with Crippen LogP contribution in [0, 0.1) is 11.6 Å². The molecule has 0 amide bonds. The lowest BCUT2D eigenvalue weighted by atomic mass is 9.99. The van der Waals surface area contributed by atoms with E-state index in [1.165, 1.54) is 6.20 Å². The number of carbonyl (C=O) groups is 1. The maximum absolute atomic E-state index is 14.4. The average molecular weight is 403 g/mol. The van der Waals surface area contributed by atoms with Crippen LogP contribution in [0.3, 0.4) is 0 Å². The molecule has 3 N–H and O–H groups in total. The largest absolute Gasteiger partial charge is 0.396 e. The average Bonchev–Trinajstić information content (AvgIpc) is 3.32. The molecule has 0 unspecified atom stereocenters. The highest BCUT2D eigenvalue weighted by atomic mass is 19.1. The first-order valence-electron chi connectivity index (χ1n) is 9.12. The number of anilines is 1. The first kappa shape index (κ1) is 18.0. The lowest BCUT2D eigenvalue weighted by molar-refractivity contribution is 0.103. The molecule has 5 aromatic rings. The van der Waals surface area contributed by atoms with Gasteiger partial charge in [-0.3, -0.25) is 9.48 Å². The maximum Gasteiger partial charge on any atom is 0.201 e. The lowest BCUT2D eigenvalue weighted by Gasteiger charge is -2.07. The smallest absolute Gasteiger partial charge is 0.201 e. The minimum absolute atomic E-state index is 0.112. The van der Waals surface area contributed by atoms with Crippen molar-refractivity contribution in [2.45, 2.75) is 0 Å². The van der Waals surface area contributed by atoms with E-state index >= 15 is 0 Å². The van der Waals surface area contributed by atoms with Crippen LogP contribution < -0.4 is 5.73 Å². The SMILES string of the molecule is Cn1cc2c(-c3cnc4[nH]cc(C(=O)c5c(F)ccc(N)c5F)c4c3)cccc2n1. The normalized spacial score (nSPS) is 11.4. The second-order valence-corrected chi connectivity index (χ2v) is 7.02. The summed E-state index contributed by atoms with van der Waals surface area (Å²) in [5.74, 6) is -2.84. The standard InChI is InChI=1S/C22H15F2N5O/c1-29-10-15-12(3-2-4-18(15)28-29)11-7-13-14(9-27-22(13)26-8-11)21(30)19-16(23)5-6-17(25)20(19)24/h2-10H,25H2,1H3,(H,26,27). The van der Waals surface area contributed by atoms with Crippen molar-refractivity contribution in [2.24, 2.45) is 7.05 Å². The minimum atomic E-state index is -1.07. The molecule has 0 aliphatic carbocycles. The number of nitrogens with one attached hydrogen (secondary N) is 1. The molecule has 0 saturated heterocycles. The van der Waals surface area contributed by atoms with Gasteiger partial charge in [-0.15, -0.1) is 0 Å². The first-order valence-corrected chi connectivity index (χ1v) is 9.12. The first-order chi connectivity index (χ1) is 14.4. The number of hydrogen-bond donors (Lipinski definition) is 2. The predicted octanol–water partition coefficient (Wildman–Crippen LogP) is 4.21. The molecule has 5 rings (SSSR count). The van der Waals surface area contributed by atoms with E-state index in [-0.39, 0.29) is 11.3 Å². The van der Waals surface area contributed by atoms with E-state index in [1.54, 1.807) is 16.9 Å². The van der Waals surface area contributed by atoms with Crippen LogP contribution in [0.15, 0.2) is 55.0 Å². The fourth-order valence-corrected chi connectivity index (χ4v) is 3.66. The second kappa shape index (κ2) is 6.48. The van der Waals surface area contributed by atoms with Gasteiger partial charge in [0.05, 0.1) is 16.8 Å². The number of aryl methyl sites for hydroxylation is 1. The zero-order valence-electron chi connectivity index (χ0n) is 15.8. The number of aromatic amines is 1. The number of hydrogen-bond acceptors (Lipinski definition) is 4. The second-order valence-electron chi connectivity index (χ2n) is 7.02. The Labute approximate surface area is 169 Å². The third-order valence-corrected chi connectivity index (χ3v) is 5.10. The number of carbonyl (C=O) groups excluding carboxylic acids is 1. The van der Waals surface area contributed by atoms with Gasteiger partial charge in [-0.1, -0.05) is 12.1 Å². The summed E-state index contributed by atoms with van der Waals surface area (Å²) in [5.41, 5.74) is 7.56. The van der Waals surface area contributed by atoms with Crippen LogP contribution >= 0.6 is 0 Å². The number of benzene rings is 2. The number of pyridine rings is 1. The molecule has 0 fully saturated rings. The number of fused-ring (bicyclic) bond motifs is 2. The van der Waals surface area contributed by atoms with E-state index in [0.717, 1.165) is 34.2 Å². The Kier molecular flexibility index (Phi) is 3.89. The van der Waals surface area contributed by atoms with Gasteiger partial charge in [0.1, 0.15) is 11.5 Å². The molecule has 0 radical (unpaired) electrons. The van der Waals surface area contributed by atoms with Crippen molar-refractivity contribution in [3.63, 3.8) is 0 Å². The summed E-state index contributed by atoms with van der Waals surface area (Å²) in [7, 11) is 1.84. The van der Waals surface area contributed by atoms with E-state index < -0.39 is 23.0 Å². The van der Waals surface area contributed by atoms with Gasteiger partial charge < -0.3 is 10.7 Å². The summed E-state index contributed by atoms with van der Waals surface area (Å²) >= 11 is 0. The molecule has 0 spiro atoms. The Bertz CT molecular complexity index is 1470. The van der Waals surface area contributed by atoms with Crippen LogP contribution in [0.4, 0.5) is 14.5 Å². The molecule has 3 heterocycles. The molecule has 0 aliphatic heterocycles. The van der Waals surface area contributed by atoms with Crippen LogP contribution in [0.5, 0.6) is 0 Å². The number of nitrogens with two attached hydrogens (primary N) is 1. The van der Waals surface area contributed by atoms with E-state index in [2.05, 4.69) is 15.1 Å². The molecule has 0 atom stereocenters. The predicted molar refractivity (Wildman–Crippen MR) is 110 cm³/mol. The quantitative estimate of drug-likeness (QED) is 0.349.